The Morgan fingerprint density at radius 2 is 1.78 bits per heavy atom. The molecule has 1 amide bonds. The smallest absolute Gasteiger partial charge is 0.301 e. The first kappa shape index (κ1) is 28.6. The molecule has 1 fully saturated rings. The lowest BCUT2D eigenvalue weighted by atomic mass is 9.85. The zero-order valence-electron chi connectivity index (χ0n) is 24.4. The number of carbonyl (C=O) groups is 2. The number of benzene rings is 3. The van der Waals surface area contributed by atoms with Gasteiger partial charge in [0.1, 0.15) is 11.5 Å². The van der Waals surface area contributed by atoms with Gasteiger partial charge in [-0.25, -0.2) is 4.98 Å². The fourth-order valence-corrected chi connectivity index (χ4v) is 6.36. The van der Waals surface area contributed by atoms with Gasteiger partial charge in [-0.1, -0.05) is 87.9 Å². The maximum atomic E-state index is 13.7. The number of Topliss-reactive ketones (excluding diaryl/α,β-unsaturated/α-hetero) is 1. The van der Waals surface area contributed by atoms with Crippen LogP contribution in [0.2, 0.25) is 0 Å². The number of aryl methyl sites for hydroxylation is 2. The molecule has 1 aromatic heterocycles. The maximum absolute atomic E-state index is 13.7. The molecule has 0 aliphatic carbocycles. The average molecular weight is 569 g/mol. The summed E-state index contributed by atoms with van der Waals surface area (Å²) in [6.07, 6.45) is 1.91. The molecule has 212 valence electrons. The fraction of sp³-hybridized carbons (Fsp3) is 0.324. The minimum atomic E-state index is -0.837. The van der Waals surface area contributed by atoms with Crippen molar-refractivity contribution in [1.29, 1.82) is 0 Å². The van der Waals surface area contributed by atoms with E-state index in [1.165, 1.54) is 16.2 Å². The lowest BCUT2D eigenvalue weighted by Gasteiger charge is -2.24. The number of aliphatic hydroxyl groups is 1. The average Bonchev–Trinajstić information content (AvgIpc) is 3.46. The van der Waals surface area contributed by atoms with E-state index in [-0.39, 0.29) is 16.7 Å². The molecule has 4 aromatic rings. The quantitative estimate of drug-likeness (QED) is 0.106. The Morgan fingerprint density at radius 1 is 1.05 bits per heavy atom. The lowest BCUT2D eigenvalue weighted by molar-refractivity contribution is -0.132. The summed E-state index contributed by atoms with van der Waals surface area (Å²) >= 11 is 1.38. The lowest BCUT2D eigenvalue weighted by Crippen LogP contribution is -2.29. The number of hydrogen-bond acceptors (Lipinski definition) is 6. The van der Waals surface area contributed by atoms with E-state index in [1.807, 2.05) is 50.2 Å². The van der Waals surface area contributed by atoms with Gasteiger partial charge in [0.15, 0.2) is 5.13 Å². The first-order valence-corrected chi connectivity index (χ1v) is 14.8. The van der Waals surface area contributed by atoms with Crippen LogP contribution in [-0.2, 0) is 15.0 Å². The van der Waals surface area contributed by atoms with Crippen molar-refractivity contribution >= 4 is 44.1 Å². The summed E-state index contributed by atoms with van der Waals surface area (Å²) in [5.41, 5.74) is 5.15. The van der Waals surface area contributed by atoms with Gasteiger partial charge in [0.05, 0.1) is 28.4 Å². The summed E-state index contributed by atoms with van der Waals surface area (Å²) < 4.78 is 6.79. The number of anilines is 1. The molecule has 0 radical (unpaired) electrons. The number of unbranched alkanes of at least 4 members (excludes halogenated alkanes) is 1. The van der Waals surface area contributed by atoms with E-state index >= 15 is 0 Å². The van der Waals surface area contributed by atoms with Gasteiger partial charge in [-0.3, -0.25) is 14.5 Å². The van der Waals surface area contributed by atoms with Crippen molar-refractivity contribution in [2.24, 2.45) is 0 Å². The summed E-state index contributed by atoms with van der Waals surface area (Å²) in [5.74, 6) is -1.08. The van der Waals surface area contributed by atoms with Crippen molar-refractivity contribution in [3.63, 3.8) is 0 Å². The fourth-order valence-electron chi connectivity index (χ4n) is 5.20. The van der Waals surface area contributed by atoms with Crippen LogP contribution in [0.5, 0.6) is 5.75 Å². The van der Waals surface area contributed by atoms with Crippen LogP contribution in [-0.4, -0.2) is 28.4 Å². The van der Waals surface area contributed by atoms with Gasteiger partial charge in [-0.15, -0.1) is 0 Å². The van der Waals surface area contributed by atoms with Crippen molar-refractivity contribution in [3.8, 4) is 5.75 Å². The topological polar surface area (TPSA) is 79.7 Å². The highest BCUT2D eigenvalue weighted by atomic mass is 32.1. The standard InChI is InChI=1S/C34H36N2O4S/c1-7-8-16-40-25-11-9-10-23(19-25)30(37)27-29(22-12-14-24(15-13-22)34(4,5)6)36(32(39)31(27)38)33-35-28-21(3)17-20(2)18-26(28)41-33/h9-15,17-19,29,37H,7-8,16H2,1-6H3/b30-27+. The monoisotopic (exact) mass is 568 g/mol. The highest BCUT2D eigenvalue weighted by Gasteiger charge is 2.48. The van der Waals surface area contributed by atoms with E-state index in [9.17, 15) is 14.7 Å². The predicted molar refractivity (Wildman–Crippen MR) is 166 cm³/mol. The molecule has 1 aliphatic heterocycles. The van der Waals surface area contributed by atoms with E-state index < -0.39 is 17.7 Å². The van der Waals surface area contributed by atoms with E-state index in [4.69, 9.17) is 9.72 Å². The largest absolute Gasteiger partial charge is 0.507 e. The molecule has 5 rings (SSSR count). The number of hydrogen-bond donors (Lipinski definition) is 1. The van der Waals surface area contributed by atoms with Crippen LogP contribution in [0.25, 0.3) is 16.0 Å². The van der Waals surface area contributed by atoms with Crippen LogP contribution >= 0.6 is 11.3 Å². The van der Waals surface area contributed by atoms with Gasteiger partial charge in [-0.05, 0) is 66.1 Å². The van der Waals surface area contributed by atoms with Crippen molar-refractivity contribution in [1.82, 2.24) is 4.98 Å². The first-order valence-electron chi connectivity index (χ1n) is 14.0. The number of aliphatic hydroxyl groups excluding tert-OH is 1. The number of fused-ring (bicyclic) bond motifs is 1. The van der Waals surface area contributed by atoms with Gasteiger partial charge < -0.3 is 9.84 Å². The van der Waals surface area contributed by atoms with Crippen LogP contribution in [0.4, 0.5) is 5.13 Å². The Balaban J connectivity index is 1.67. The second-order valence-corrected chi connectivity index (χ2v) is 12.7. The first-order chi connectivity index (χ1) is 19.5. The second kappa shape index (κ2) is 11.1. The molecular weight excluding hydrogens is 532 g/mol. The molecule has 1 atom stereocenters. The Labute approximate surface area is 245 Å². The zero-order chi connectivity index (χ0) is 29.5. The Morgan fingerprint density at radius 3 is 2.46 bits per heavy atom. The SMILES string of the molecule is CCCCOc1cccc(/C(O)=C2\C(=O)C(=O)N(c3nc4c(C)cc(C)cc4s3)C2c2ccc(C(C)(C)C)cc2)c1. The van der Waals surface area contributed by atoms with Gasteiger partial charge in [0.25, 0.3) is 5.78 Å². The summed E-state index contributed by atoms with van der Waals surface area (Å²) in [5, 5.41) is 12.0. The Bertz CT molecular complexity index is 1660. The summed E-state index contributed by atoms with van der Waals surface area (Å²) in [6.45, 7) is 13.1. The molecule has 1 unspecified atom stereocenters. The van der Waals surface area contributed by atoms with E-state index in [0.717, 1.165) is 45.3 Å². The van der Waals surface area contributed by atoms with Crippen molar-refractivity contribution < 1.29 is 19.4 Å². The molecule has 0 bridgehead atoms. The minimum absolute atomic E-state index is 0.0383. The summed E-state index contributed by atoms with van der Waals surface area (Å²) in [6, 6.07) is 18.2. The third-order valence-corrected chi connectivity index (χ3v) is 8.44. The second-order valence-electron chi connectivity index (χ2n) is 11.7. The molecule has 1 N–H and O–H groups in total. The normalized spacial score (nSPS) is 17.0. The zero-order valence-corrected chi connectivity index (χ0v) is 25.3. The highest BCUT2D eigenvalue weighted by molar-refractivity contribution is 7.22. The highest BCUT2D eigenvalue weighted by Crippen LogP contribution is 2.45. The van der Waals surface area contributed by atoms with E-state index in [2.05, 4.69) is 33.8 Å². The van der Waals surface area contributed by atoms with Gasteiger partial charge in [0, 0.05) is 5.56 Å². The molecule has 7 heteroatoms. The number of rotatable bonds is 7. The third-order valence-electron chi connectivity index (χ3n) is 7.44. The Hall–Kier alpha value is -3.97. The molecule has 1 saturated heterocycles. The molecule has 41 heavy (non-hydrogen) atoms. The number of nitrogens with zero attached hydrogens (tertiary/aromatic N) is 2. The van der Waals surface area contributed by atoms with Gasteiger partial charge >= 0.3 is 5.91 Å². The van der Waals surface area contributed by atoms with Crippen LogP contribution in [0, 0.1) is 13.8 Å². The number of carbonyl (C=O) groups excluding carboxylic acids is 2. The Kier molecular flexibility index (Phi) is 7.75. The predicted octanol–water partition coefficient (Wildman–Crippen LogP) is 8.02. The van der Waals surface area contributed by atoms with Gasteiger partial charge in [0.2, 0.25) is 0 Å². The van der Waals surface area contributed by atoms with Crippen LogP contribution in [0.1, 0.15) is 74.4 Å². The number of amides is 1. The molecule has 1 aliphatic rings. The van der Waals surface area contributed by atoms with E-state index in [1.54, 1.807) is 18.2 Å². The molecule has 0 saturated carbocycles. The maximum Gasteiger partial charge on any atom is 0.301 e. The summed E-state index contributed by atoms with van der Waals surface area (Å²) in [4.78, 5) is 33.7. The van der Waals surface area contributed by atoms with Crippen molar-refractivity contribution in [3.05, 3.63) is 94.1 Å². The molecule has 2 heterocycles. The van der Waals surface area contributed by atoms with Crippen LogP contribution < -0.4 is 9.64 Å². The minimum Gasteiger partial charge on any atom is -0.507 e. The number of thiazole rings is 1. The summed E-state index contributed by atoms with van der Waals surface area (Å²) in [7, 11) is 0. The van der Waals surface area contributed by atoms with Crippen molar-refractivity contribution in [2.75, 3.05) is 11.5 Å². The molecule has 3 aromatic carbocycles. The third kappa shape index (κ3) is 5.51. The molecule has 6 nitrogen and oxygen atoms in total. The van der Waals surface area contributed by atoms with Crippen LogP contribution in [0.3, 0.4) is 0 Å². The van der Waals surface area contributed by atoms with Crippen LogP contribution in [0.15, 0.2) is 66.2 Å². The van der Waals surface area contributed by atoms with Crippen molar-refractivity contribution in [2.45, 2.75) is 65.8 Å². The number of ketones is 1. The number of aromatic nitrogens is 1. The van der Waals surface area contributed by atoms with Gasteiger partial charge in [-0.2, -0.15) is 0 Å². The molecule has 0 spiro atoms. The molecular formula is C34H36N2O4S. The van der Waals surface area contributed by atoms with E-state index in [0.29, 0.717) is 23.1 Å². The number of ether oxygens (including phenoxy) is 1.